The average molecular weight is 382 g/mol. The van der Waals surface area contributed by atoms with Crippen LogP contribution in [0, 0.1) is 19.8 Å². The minimum atomic E-state index is -4.41. The van der Waals surface area contributed by atoms with Gasteiger partial charge in [0.25, 0.3) is 0 Å². The zero-order chi connectivity index (χ0) is 20.2. The molecule has 27 heavy (non-hydrogen) atoms. The molecular weight excluding hydrogens is 357 g/mol. The summed E-state index contributed by atoms with van der Waals surface area (Å²) in [6.07, 6.45) is -3.16. The number of aromatic nitrogens is 1. The minimum Gasteiger partial charge on any atom is -0.361 e. The van der Waals surface area contributed by atoms with Gasteiger partial charge in [0.15, 0.2) is 0 Å². The highest BCUT2D eigenvalue weighted by atomic mass is 19.4. The fourth-order valence-electron chi connectivity index (χ4n) is 3.05. The van der Waals surface area contributed by atoms with Gasteiger partial charge in [-0.15, -0.1) is 0 Å². The van der Waals surface area contributed by atoms with Crippen LogP contribution in [0.3, 0.4) is 0 Å². The molecule has 0 spiro atoms. The van der Waals surface area contributed by atoms with E-state index in [4.69, 9.17) is 4.52 Å². The first kappa shape index (κ1) is 21.0. The maximum Gasteiger partial charge on any atom is 0.416 e. The Hall–Kier alpha value is -2.31. The molecule has 0 bridgehead atoms. The zero-order valence-electron chi connectivity index (χ0n) is 16.0. The number of nitrogens with zero attached hydrogens (tertiary/aromatic N) is 1. The SMILES string of the molecule is Cc1noc(C)c1CCC(=O)NC(CC(C)C)c1cccc(C(F)(F)F)c1. The first-order chi connectivity index (χ1) is 12.6. The first-order valence-electron chi connectivity index (χ1n) is 8.96. The van der Waals surface area contributed by atoms with Crippen molar-refractivity contribution in [3.05, 3.63) is 52.4 Å². The molecule has 0 saturated heterocycles. The molecule has 0 saturated carbocycles. The first-order valence-corrected chi connectivity index (χ1v) is 8.96. The molecule has 1 aromatic carbocycles. The van der Waals surface area contributed by atoms with Crippen LogP contribution in [0.5, 0.6) is 0 Å². The molecule has 4 nitrogen and oxygen atoms in total. The van der Waals surface area contributed by atoms with Crippen LogP contribution in [-0.4, -0.2) is 11.1 Å². The van der Waals surface area contributed by atoms with Crippen LogP contribution < -0.4 is 5.32 Å². The monoisotopic (exact) mass is 382 g/mol. The van der Waals surface area contributed by atoms with Crippen molar-refractivity contribution in [1.82, 2.24) is 10.5 Å². The molecule has 0 aliphatic carbocycles. The molecule has 1 amide bonds. The number of carbonyl (C=O) groups excluding carboxylic acids is 1. The molecule has 0 radical (unpaired) electrons. The number of rotatable bonds is 7. The summed E-state index contributed by atoms with van der Waals surface area (Å²) in [5.74, 6) is 0.683. The standard InChI is InChI=1S/C20H25F3N2O2/c1-12(2)10-18(15-6-5-7-16(11-15)20(21,22)23)24-19(26)9-8-17-13(3)25-27-14(17)4/h5-7,11-12,18H,8-10H2,1-4H3,(H,24,26). The van der Waals surface area contributed by atoms with Crippen LogP contribution in [0.4, 0.5) is 13.2 Å². The molecule has 1 N–H and O–H groups in total. The van der Waals surface area contributed by atoms with Gasteiger partial charge in [-0.2, -0.15) is 13.2 Å². The molecule has 148 valence electrons. The van der Waals surface area contributed by atoms with Crippen molar-refractivity contribution < 1.29 is 22.5 Å². The normalized spacial score (nSPS) is 13.0. The van der Waals surface area contributed by atoms with E-state index in [0.717, 1.165) is 23.4 Å². The van der Waals surface area contributed by atoms with Crippen LogP contribution in [0.15, 0.2) is 28.8 Å². The van der Waals surface area contributed by atoms with E-state index < -0.39 is 17.8 Å². The summed E-state index contributed by atoms with van der Waals surface area (Å²) in [6, 6.07) is 4.68. The van der Waals surface area contributed by atoms with Crippen molar-refractivity contribution in [3.8, 4) is 0 Å². The van der Waals surface area contributed by atoms with Crippen LogP contribution in [0.1, 0.15) is 60.9 Å². The maximum absolute atomic E-state index is 13.0. The summed E-state index contributed by atoms with van der Waals surface area (Å²) in [7, 11) is 0. The fraction of sp³-hybridized carbons (Fsp3) is 0.500. The van der Waals surface area contributed by atoms with Crippen molar-refractivity contribution in [3.63, 3.8) is 0 Å². The zero-order valence-corrected chi connectivity index (χ0v) is 16.0. The molecule has 1 aromatic heterocycles. The number of carbonyl (C=O) groups is 1. The van der Waals surface area contributed by atoms with Crippen molar-refractivity contribution in [2.75, 3.05) is 0 Å². The van der Waals surface area contributed by atoms with E-state index in [1.54, 1.807) is 13.0 Å². The van der Waals surface area contributed by atoms with E-state index in [1.165, 1.54) is 6.07 Å². The Morgan fingerprint density at radius 1 is 1.26 bits per heavy atom. The third-order valence-electron chi connectivity index (χ3n) is 4.44. The lowest BCUT2D eigenvalue weighted by Crippen LogP contribution is -2.30. The van der Waals surface area contributed by atoms with Crippen LogP contribution in [0.2, 0.25) is 0 Å². The fourth-order valence-corrected chi connectivity index (χ4v) is 3.05. The average Bonchev–Trinajstić information content (AvgIpc) is 2.89. The van der Waals surface area contributed by atoms with Gasteiger partial charge in [0.2, 0.25) is 5.91 Å². The lowest BCUT2D eigenvalue weighted by molar-refractivity contribution is -0.137. The lowest BCUT2D eigenvalue weighted by Gasteiger charge is -2.22. The van der Waals surface area contributed by atoms with E-state index in [0.29, 0.717) is 24.2 Å². The van der Waals surface area contributed by atoms with Gasteiger partial charge in [-0.1, -0.05) is 31.1 Å². The molecule has 1 heterocycles. The van der Waals surface area contributed by atoms with E-state index in [9.17, 15) is 18.0 Å². The second-order valence-corrected chi connectivity index (χ2v) is 7.18. The predicted molar refractivity (Wildman–Crippen MR) is 96.1 cm³/mol. The van der Waals surface area contributed by atoms with Gasteiger partial charge in [-0.05, 0) is 50.3 Å². The summed E-state index contributed by atoms with van der Waals surface area (Å²) < 4.78 is 44.1. The quantitative estimate of drug-likeness (QED) is 0.721. The topological polar surface area (TPSA) is 55.1 Å². The van der Waals surface area contributed by atoms with E-state index in [-0.39, 0.29) is 18.2 Å². The Morgan fingerprint density at radius 3 is 2.52 bits per heavy atom. The molecule has 7 heteroatoms. The van der Waals surface area contributed by atoms with Gasteiger partial charge in [-0.25, -0.2) is 0 Å². The van der Waals surface area contributed by atoms with Gasteiger partial charge < -0.3 is 9.84 Å². The van der Waals surface area contributed by atoms with Gasteiger partial charge in [0.1, 0.15) is 5.76 Å². The van der Waals surface area contributed by atoms with E-state index >= 15 is 0 Å². The Labute approximate surface area is 157 Å². The number of halogens is 3. The number of aryl methyl sites for hydroxylation is 2. The summed E-state index contributed by atoms with van der Waals surface area (Å²) in [5.41, 5.74) is 1.39. The van der Waals surface area contributed by atoms with Gasteiger partial charge in [0.05, 0.1) is 17.3 Å². The molecule has 0 aliphatic rings. The van der Waals surface area contributed by atoms with E-state index in [2.05, 4.69) is 10.5 Å². The molecular formula is C20H25F3N2O2. The van der Waals surface area contributed by atoms with E-state index in [1.807, 2.05) is 20.8 Å². The Bertz CT molecular complexity index is 762. The number of alkyl halides is 3. The third kappa shape index (κ3) is 5.84. The third-order valence-corrected chi connectivity index (χ3v) is 4.44. The second-order valence-electron chi connectivity index (χ2n) is 7.18. The van der Waals surface area contributed by atoms with Gasteiger partial charge >= 0.3 is 6.18 Å². The highest BCUT2D eigenvalue weighted by Gasteiger charge is 2.31. The van der Waals surface area contributed by atoms with Crippen molar-refractivity contribution >= 4 is 5.91 Å². The molecule has 0 aliphatic heterocycles. The number of amides is 1. The van der Waals surface area contributed by atoms with Crippen molar-refractivity contribution in [2.45, 2.75) is 59.2 Å². The summed E-state index contributed by atoms with van der Waals surface area (Å²) in [4.78, 5) is 12.4. The van der Waals surface area contributed by atoms with Gasteiger partial charge in [-0.3, -0.25) is 4.79 Å². The second kappa shape index (κ2) is 8.59. The summed E-state index contributed by atoms with van der Waals surface area (Å²) in [6.45, 7) is 7.54. The van der Waals surface area contributed by atoms with Crippen molar-refractivity contribution in [2.24, 2.45) is 5.92 Å². The maximum atomic E-state index is 13.0. The largest absolute Gasteiger partial charge is 0.416 e. The summed E-state index contributed by atoms with van der Waals surface area (Å²) >= 11 is 0. The number of hydrogen-bond acceptors (Lipinski definition) is 3. The number of benzene rings is 1. The Morgan fingerprint density at radius 2 is 1.96 bits per heavy atom. The van der Waals surface area contributed by atoms with Crippen LogP contribution in [0.25, 0.3) is 0 Å². The number of hydrogen-bond donors (Lipinski definition) is 1. The number of nitrogens with one attached hydrogen (secondary N) is 1. The molecule has 0 fully saturated rings. The molecule has 2 rings (SSSR count). The molecule has 1 atom stereocenters. The predicted octanol–water partition coefficient (Wildman–Crippen LogP) is 5.15. The highest BCUT2D eigenvalue weighted by Crippen LogP contribution is 2.32. The lowest BCUT2D eigenvalue weighted by atomic mass is 9.95. The smallest absolute Gasteiger partial charge is 0.361 e. The molecule has 1 unspecified atom stereocenters. The highest BCUT2D eigenvalue weighted by molar-refractivity contribution is 5.76. The summed E-state index contributed by atoms with van der Waals surface area (Å²) in [5, 5.41) is 6.75. The van der Waals surface area contributed by atoms with Crippen molar-refractivity contribution in [1.29, 1.82) is 0 Å². The minimum absolute atomic E-state index is 0.210. The Kier molecular flexibility index (Phi) is 6.68. The van der Waals surface area contributed by atoms with Crippen LogP contribution >= 0.6 is 0 Å². The van der Waals surface area contributed by atoms with Gasteiger partial charge in [0, 0.05) is 12.0 Å². The Balaban J connectivity index is 2.11. The van der Waals surface area contributed by atoms with Crippen LogP contribution in [-0.2, 0) is 17.4 Å². The molecule has 2 aromatic rings.